The fraction of sp³-hybridized carbons (Fsp3) is 0.316. The number of nitrogens with zero attached hydrogens (tertiary/aromatic N) is 2. The number of ether oxygens (including phenoxy) is 1. The molecule has 0 bridgehead atoms. The highest BCUT2D eigenvalue weighted by molar-refractivity contribution is 6.34. The zero-order chi connectivity index (χ0) is 22.1. The zero-order valence-electron chi connectivity index (χ0n) is 15.7. The first kappa shape index (κ1) is 21.8. The van der Waals surface area contributed by atoms with Gasteiger partial charge >= 0.3 is 12.1 Å². The summed E-state index contributed by atoms with van der Waals surface area (Å²) in [5, 5.41) is 6.57. The average Bonchev–Trinajstić information content (AvgIpc) is 3.22. The van der Waals surface area contributed by atoms with Crippen LogP contribution in [0.4, 0.5) is 13.2 Å². The third-order valence-electron chi connectivity index (χ3n) is 4.59. The van der Waals surface area contributed by atoms with Crippen LogP contribution >= 0.6 is 11.6 Å². The molecule has 2 heterocycles. The second kappa shape index (κ2) is 8.49. The lowest BCUT2D eigenvalue weighted by molar-refractivity contribution is -0.139. The molecule has 1 aliphatic heterocycles. The second-order valence-electron chi connectivity index (χ2n) is 6.66. The van der Waals surface area contributed by atoms with Crippen molar-refractivity contribution in [1.29, 1.82) is 0 Å². The second-order valence-corrected chi connectivity index (χ2v) is 7.05. The summed E-state index contributed by atoms with van der Waals surface area (Å²) in [4.78, 5) is 25.0. The lowest BCUT2D eigenvalue weighted by atomic mass is 10.0. The van der Waals surface area contributed by atoms with Crippen LogP contribution < -0.4 is 11.1 Å². The minimum Gasteiger partial charge on any atom is -0.438 e. The molecule has 11 heteroatoms. The lowest BCUT2D eigenvalue weighted by Crippen LogP contribution is -2.43. The van der Waals surface area contributed by atoms with Crippen molar-refractivity contribution < 1.29 is 27.5 Å². The third-order valence-corrected chi connectivity index (χ3v) is 4.90. The molecule has 3 rings (SSSR count). The van der Waals surface area contributed by atoms with Gasteiger partial charge in [0.25, 0.3) is 5.91 Å². The number of carbonyl (C=O) groups excluding carboxylic acids is 2. The number of esters is 1. The molecule has 1 amide bonds. The van der Waals surface area contributed by atoms with E-state index in [2.05, 4.69) is 10.4 Å². The quantitative estimate of drug-likeness (QED) is 0.405. The van der Waals surface area contributed by atoms with Gasteiger partial charge in [0.05, 0.1) is 16.8 Å². The number of aromatic nitrogens is 2. The van der Waals surface area contributed by atoms with Crippen LogP contribution in [-0.4, -0.2) is 39.8 Å². The van der Waals surface area contributed by atoms with Gasteiger partial charge in [-0.2, -0.15) is 18.3 Å². The molecule has 0 aliphatic carbocycles. The summed E-state index contributed by atoms with van der Waals surface area (Å²) in [7, 11) is 1.61. The van der Waals surface area contributed by atoms with Gasteiger partial charge in [-0.1, -0.05) is 29.8 Å². The van der Waals surface area contributed by atoms with E-state index in [9.17, 15) is 22.8 Å². The van der Waals surface area contributed by atoms with Crippen LogP contribution in [0.25, 0.3) is 5.57 Å². The van der Waals surface area contributed by atoms with E-state index in [1.807, 2.05) is 0 Å². The van der Waals surface area contributed by atoms with Crippen LogP contribution in [0.3, 0.4) is 0 Å². The van der Waals surface area contributed by atoms with Crippen molar-refractivity contribution in [2.75, 3.05) is 6.54 Å². The van der Waals surface area contributed by atoms with Gasteiger partial charge in [-0.15, -0.1) is 0 Å². The Balaban J connectivity index is 1.83. The van der Waals surface area contributed by atoms with Crippen molar-refractivity contribution in [3.63, 3.8) is 0 Å². The fourth-order valence-electron chi connectivity index (χ4n) is 3.14. The molecule has 160 valence electrons. The Bertz CT molecular complexity index is 1000. The SMILES string of the molecule is Cn1nccc1C1=C(C(=O)N[C@H](CN)Cc2cccc(C(F)(F)F)c2)C(=O)OC1Cl. The number of halogens is 4. The van der Waals surface area contributed by atoms with E-state index >= 15 is 0 Å². The van der Waals surface area contributed by atoms with Crippen molar-refractivity contribution in [1.82, 2.24) is 15.1 Å². The number of benzene rings is 1. The minimum atomic E-state index is -4.48. The lowest BCUT2D eigenvalue weighted by Gasteiger charge is -2.18. The maximum atomic E-state index is 12.9. The summed E-state index contributed by atoms with van der Waals surface area (Å²) in [6.07, 6.45) is -2.97. The van der Waals surface area contributed by atoms with E-state index < -0.39 is 35.2 Å². The molecule has 7 nitrogen and oxygen atoms in total. The molecule has 1 aliphatic rings. The van der Waals surface area contributed by atoms with E-state index in [1.165, 1.54) is 23.0 Å². The monoisotopic (exact) mass is 442 g/mol. The van der Waals surface area contributed by atoms with Gasteiger partial charge in [0.2, 0.25) is 5.56 Å². The summed E-state index contributed by atoms with van der Waals surface area (Å²) < 4.78 is 45.2. The Morgan fingerprint density at radius 2 is 2.13 bits per heavy atom. The first-order chi connectivity index (χ1) is 14.1. The van der Waals surface area contributed by atoms with Crippen LogP contribution in [0.5, 0.6) is 0 Å². The molecule has 1 aromatic carbocycles. The van der Waals surface area contributed by atoms with Gasteiger partial charge < -0.3 is 15.8 Å². The van der Waals surface area contributed by atoms with E-state index in [1.54, 1.807) is 13.1 Å². The number of hydrogen-bond acceptors (Lipinski definition) is 5. The average molecular weight is 443 g/mol. The van der Waals surface area contributed by atoms with Crippen molar-refractivity contribution in [2.45, 2.75) is 24.2 Å². The summed E-state index contributed by atoms with van der Waals surface area (Å²) in [5.41, 5.74) is 4.36. The molecule has 3 N–H and O–H groups in total. The predicted octanol–water partition coefficient (Wildman–Crippen LogP) is 2.00. The van der Waals surface area contributed by atoms with Gasteiger partial charge in [-0.25, -0.2) is 4.79 Å². The Hall–Kier alpha value is -2.85. The van der Waals surface area contributed by atoms with Gasteiger partial charge in [-0.3, -0.25) is 9.48 Å². The number of rotatable bonds is 6. The third kappa shape index (κ3) is 4.49. The predicted molar refractivity (Wildman–Crippen MR) is 102 cm³/mol. The summed E-state index contributed by atoms with van der Waals surface area (Å²) in [6.45, 7) is -0.0599. The van der Waals surface area contributed by atoms with Crippen LogP contribution in [0.2, 0.25) is 0 Å². The number of hydrogen-bond donors (Lipinski definition) is 2. The maximum Gasteiger partial charge on any atom is 0.416 e. The molecule has 1 aromatic heterocycles. The van der Waals surface area contributed by atoms with Crippen molar-refractivity contribution >= 4 is 29.1 Å². The maximum absolute atomic E-state index is 12.9. The standard InChI is InChI=1S/C19H18ClF3N4O3/c1-27-13(5-6-25-27)14-15(18(29)30-16(14)20)17(28)26-12(9-24)8-10-3-2-4-11(7-10)19(21,22)23/h2-7,12,16H,8-9,24H2,1H3,(H,26,28)/t12-,16?/m0/s1. The summed E-state index contributed by atoms with van der Waals surface area (Å²) in [6, 6.07) is 5.59. The van der Waals surface area contributed by atoms with E-state index in [0.717, 1.165) is 12.1 Å². The van der Waals surface area contributed by atoms with Gasteiger partial charge in [0, 0.05) is 25.8 Å². The van der Waals surface area contributed by atoms with Crippen LogP contribution in [0, 0.1) is 0 Å². The number of carbonyl (C=O) groups is 2. The molecular weight excluding hydrogens is 425 g/mol. The highest BCUT2D eigenvalue weighted by Crippen LogP contribution is 2.34. The molecular formula is C19H18ClF3N4O3. The first-order valence-corrected chi connectivity index (χ1v) is 9.30. The normalized spacial score (nSPS) is 17.8. The number of cyclic esters (lactones) is 1. The fourth-order valence-corrected chi connectivity index (χ4v) is 3.44. The highest BCUT2D eigenvalue weighted by Gasteiger charge is 2.39. The molecule has 0 fully saturated rings. The number of aryl methyl sites for hydroxylation is 1. The highest BCUT2D eigenvalue weighted by atomic mass is 35.5. The van der Waals surface area contributed by atoms with Crippen LogP contribution in [0.15, 0.2) is 42.1 Å². The number of nitrogens with two attached hydrogens (primary N) is 1. The van der Waals surface area contributed by atoms with E-state index in [-0.39, 0.29) is 24.1 Å². The summed E-state index contributed by atoms with van der Waals surface area (Å²) >= 11 is 6.08. The number of alkyl halides is 4. The zero-order valence-corrected chi connectivity index (χ0v) is 16.5. The Morgan fingerprint density at radius 3 is 2.73 bits per heavy atom. The van der Waals surface area contributed by atoms with Crippen molar-refractivity contribution in [2.24, 2.45) is 12.8 Å². The number of amides is 1. The molecule has 30 heavy (non-hydrogen) atoms. The molecule has 1 unspecified atom stereocenters. The topological polar surface area (TPSA) is 99.2 Å². The van der Waals surface area contributed by atoms with Gasteiger partial charge in [0.1, 0.15) is 5.57 Å². The molecule has 0 saturated carbocycles. The number of nitrogens with one attached hydrogen (secondary N) is 1. The van der Waals surface area contributed by atoms with Gasteiger partial charge in [0.15, 0.2) is 0 Å². The van der Waals surface area contributed by atoms with Crippen LogP contribution in [-0.2, 0) is 34.0 Å². The molecule has 2 atom stereocenters. The van der Waals surface area contributed by atoms with Crippen molar-refractivity contribution in [3.8, 4) is 0 Å². The molecule has 2 aromatic rings. The Morgan fingerprint density at radius 1 is 1.40 bits per heavy atom. The first-order valence-electron chi connectivity index (χ1n) is 8.86. The Kier molecular flexibility index (Phi) is 6.18. The van der Waals surface area contributed by atoms with Crippen molar-refractivity contribution in [3.05, 3.63) is 58.9 Å². The Labute approximate surface area is 174 Å². The smallest absolute Gasteiger partial charge is 0.416 e. The largest absolute Gasteiger partial charge is 0.438 e. The van der Waals surface area contributed by atoms with E-state index in [0.29, 0.717) is 11.3 Å². The molecule has 0 saturated heterocycles. The van der Waals surface area contributed by atoms with Gasteiger partial charge in [-0.05, 0) is 24.1 Å². The minimum absolute atomic E-state index is 0.0415. The summed E-state index contributed by atoms with van der Waals surface area (Å²) in [5.74, 6) is -1.68. The molecule has 0 radical (unpaired) electrons. The molecule has 0 spiro atoms. The van der Waals surface area contributed by atoms with E-state index in [4.69, 9.17) is 22.1 Å². The van der Waals surface area contributed by atoms with Crippen LogP contribution in [0.1, 0.15) is 16.8 Å².